The van der Waals surface area contributed by atoms with Gasteiger partial charge < -0.3 is 10.2 Å². The number of aryl methyl sites for hydroxylation is 1. The van der Waals surface area contributed by atoms with Gasteiger partial charge in [0.15, 0.2) is 0 Å². The molecule has 0 spiro atoms. The second kappa shape index (κ2) is 7.81. The fourth-order valence-electron chi connectivity index (χ4n) is 3.62. The molecule has 2 aromatic rings. The van der Waals surface area contributed by atoms with Crippen molar-refractivity contribution in [3.8, 4) is 0 Å². The van der Waals surface area contributed by atoms with Crippen LogP contribution in [0.5, 0.6) is 0 Å². The van der Waals surface area contributed by atoms with Crippen LogP contribution in [0.25, 0.3) is 0 Å². The molecule has 0 aliphatic carbocycles. The predicted molar refractivity (Wildman–Crippen MR) is 97.7 cm³/mol. The van der Waals surface area contributed by atoms with Gasteiger partial charge in [0.25, 0.3) is 0 Å². The van der Waals surface area contributed by atoms with Gasteiger partial charge in [0, 0.05) is 12.6 Å². The number of aliphatic hydroxyl groups excluding tert-OH is 1. The first kappa shape index (κ1) is 17.6. The van der Waals surface area contributed by atoms with Gasteiger partial charge in [0.1, 0.15) is 0 Å². The maximum Gasteiger partial charge on any atom is 0.336 e. The molecule has 1 heterocycles. The quantitative estimate of drug-likeness (QED) is 0.878. The zero-order chi connectivity index (χ0) is 17.8. The number of carboxylic acids is 1. The van der Waals surface area contributed by atoms with Crippen LogP contribution in [0.4, 0.5) is 0 Å². The maximum atomic E-state index is 11.5. The highest BCUT2D eigenvalue weighted by Crippen LogP contribution is 2.24. The third-order valence-corrected chi connectivity index (χ3v) is 5.05. The number of benzene rings is 2. The van der Waals surface area contributed by atoms with E-state index in [2.05, 4.69) is 36.1 Å². The molecular formula is C21H25NO3. The van der Waals surface area contributed by atoms with Crippen molar-refractivity contribution in [2.24, 2.45) is 0 Å². The van der Waals surface area contributed by atoms with Crippen LogP contribution in [-0.4, -0.2) is 39.8 Å². The number of carboxylic acid groups (broad SMARTS) is 1. The van der Waals surface area contributed by atoms with Gasteiger partial charge in [-0.3, -0.25) is 4.90 Å². The lowest BCUT2D eigenvalue weighted by atomic mass is 9.92. The molecule has 25 heavy (non-hydrogen) atoms. The Hall–Kier alpha value is -2.17. The van der Waals surface area contributed by atoms with Crippen molar-refractivity contribution >= 4 is 5.97 Å². The van der Waals surface area contributed by atoms with Crippen molar-refractivity contribution in [1.29, 1.82) is 0 Å². The van der Waals surface area contributed by atoms with Crippen LogP contribution in [0.1, 0.15) is 39.9 Å². The van der Waals surface area contributed by atoms with E-state index < -0.39 is 5.97 Å². The van der Waals surface area contributed by atoms with Crippen LogP contribution in [0.3, 0.4) is 0 Å². The summed E-state index contributed by atoms with van der Waals surface area (Å²) < 4.78 is 0. The number of hydrogen-bond donors (Lipinski definition) is 2. The minimum Gasteiger partial charge on any atom is -0.478 e. The van der Waals surface area contributed by atoms with E-state index in [1.165, 1.54) is 11.1 Å². The van der Waals surface area contributed by atoms with Gasteiger partial charge in [-0.2, -0.15) is 0 Å². The first-order valence-corrected chi connectivity index (χ1v) is 8.83. The van der Waals surface area contributed by atoms with Crippen LogP contribution in [0.15, 0.2) is 48.5 Å². The second-order valence-electron chi connectivity index (χ2n) is 6.90. The van der Waals surface area contributed by atoms with E-state index in [4.69, 9.17) is 0 Å². The summed E-state index contributed by atoms with van der Waals surface area (Å²) in [6.07, 6.45) is 2.12. The number of carbonyl (C=O) groups is 1. The summed E-state index contributed by atoms with van der Waals surface area (Å²) in [5.74, 6) is -0.900. The summed E-state index contributed by atoms with van der Waals surface area (Å²) in [5, 5.41) is 20.0. The van der Waals surface area contributed by atoms with Crippen LogP contribution in [0, 0.1) is 6.92 Å². The Morgan fingerprint density at radius 2 is 1.88 bits per heavy atom. The van der Waals surface area contributed by atoms with E-state index in [0.717, 1.165) is 31.4 Å². The third-order valence-electron chi connectivity index (χ3n) is 5.05. The Kier molecular flexibility index (Phi) is 5.51. The number of rotatable bonds is 5. The van der Waals surface area contributed by atoms with Crippen LogP contribution in [-0.2, 0) is 13.0 Å². The van der Waals surface area contributed by atoms with Gasteiger partial charge in [-0.25, -0.2) is 4.79 Å². The predicted octanol–water partition coefficient (Wildman–Crippen LogP) is 3.26. The largest absolute Gasteiger partial charge is 0.478 e. The van der Waals surface area contributed by atoms with Crippen molar-refractivity contribution in [1.82, 2.24) is 4.90 Å². The standard InChI is InChI=1S/C21H25NO3/c1-15-8-10-16(11-9-15)13-19-20(23)7-4-12-22(19)14-17-5-2-3-6-18(17)21(24)25/h2-3,5-6,8-11,19-20,23H,4,7,12-14H2,1H3,(H,24,25)/t19-,20-/m0/s1. The Bertz CT molecular complexity index is 726. The molecule has 2 atom stereocenters. The zero-order valence-corrected chi connectivity index (χ0v) is 14.6. The number of likely N-dealkylation sites (tertiary alicyclic amines) is 1. The van der Waals surface area contributed by atoms with Crippen molar-refractivity contribution in [3.05, 3.63) is 70.8 Å². The Morgan fingerprint density at radius 3 is 2.60 bits per heavy atom. The number of aromatic carboxylic acids is 1. The summed E-state index contributed by atoms with van der Waals surface area (Å²) in [5.41, 5.74) is 3.57. The fraction of sp³-hybridized carbons (Fsp3) is 0.381. The van der Waals surface area contributed by atoms with Gasteiger partial charge in [-0.15, -0.1) is 0 Å². The summed E-state index contributed by atoms with van der Waals surface area (Å²) in [4.78, 5) is 13.7. The van der Waals surface area contributed by atoms with E-state index in [9.17, 15) is 15.0 Å². The Labute approximate surface area is 148 Å². The molecule has 4 nitrogen and oxygen atoms in total. The van der Waals surface area contributed by atoms with Gasteiger partial charge in [-0.1, -0.05) is 48.0 Å². The monoisotopic (exact) mass is 339 g/mol. The van der Waals surface area contributed by atoms with Crippen molar-refractivity contribution < 1.29 is 15.0 Å². The minimum absolute atomic E-state index is 0.0123. The summed E-state index contributed by atoms with van der Waals surface area (Å²) in [6.45, 7) is 3.49. The molecule has 2 N–H and O–H groups in total. The molecule has 132 valence electrons. The van der Waals surface area contributed by atoms with Crippen molar-refractivity contribution in [2.75, 3.05) is 6.54 Å². The highest BCUT2D eigenvalue weighted by molar-refractivity contribution is 5.89. The molecule has 0 radical (unpaired) electrons. The average Bonchev–Trinajstić information content (AvgIpc) is 2.60. The molecule has 2 aromatic carbocycles. The number of hydrogen-bond acceptors (Lipinski definition) is 3. The molecule has 0 unspecified atom stereocenters. The SMILES string of the molecule is Cc1ccc(C[C@H]2[C@@H](O)CCCN2Cc2ccccc2C(=O)O)cc1. The van der Waals surface area contributed by atoms with Gasteiger partial charge in [0.05, 0.1) is 11.7 Å². The molecule has 4 heteroatoms. The van der Waals surface area contributed by atoms with Gasteiger partial charge in [-0.05, 0) is 49.9 Å². The first-order valence-electron chi connectivity index (χ1n) is 8.83. The highest BCUT2D eigenvalue weighted by Gasteiger charge is 2.30. The Morgan fingerprint density at radius 1 is 1.16 bits per heavy atom. The molecular weight excluding hydrogens is 314 g/mol. The molecule has 0 aromatic heterocycles. The van der Waals surface area contributed by atoms with Crippen molar-refractivity contribution in [2.45, 2.75) is 44.9 Å². The van der Waals surface area contributed by atoms with E-state index in [-0.39, 0.29) is 12.1 Å². The van der Waals surface area contributed by atoms with E-state index in [1.54, 1.807) is 12.1 Å². The second-order valence-corrected chi connectivity index (χ2v) is 6.90. The van der Waals surface area contributed by atoms with E-state index in [1.807, 2.05) is 12.1 Å². The Balaban J connectivity index is 1.80. The molecule has 0 bridgehead atoms. The lowest BCUT2D eigenvalue weighted by molar-refractivity contribution is 0.00657. The molecule has 1 saturated heterocycles. The molecule has 0 amide bonds. The smallest absolute Gasteiger partial charge is 0.336 e. The molecule has 1 aliphatic rings. The maximum absolute atomic E-state index is 11.5. The van der Waals surface area contributed by atoms with Gasteiger partial charge >= 0.3 is 5.97 Å². The lowest BCUT2D eigenvalue weighted by Crippen LogP contribution is -2.49. The number of piperidine rings is 1. The minimum atomic E-state index is -0.900. The van der Waals surface area contributed by atoms with Crippen LogP contribution >= 0.6 is 0 Å². The summed E-state index contributed by atoms with van der Waals surface area (Å²) in [6, 6.07) is 15.6. The lowest BCUT2D eigenvalue weighted by Gasteiger charge is -2.39. The molecule has 1 fully saturated rings. The molecule has 1 aliphatic heterocycles. The number of nitrogens with zero attached hydrogens (tertiary/aromatic N) is 1. The first-order chi connectivity index (χ1) is 12.0. The zero-order valence-electron chi connectivity index (χ0n) is 14.6. The average molecular weight is 339 g/mol. The van der Waals surface area contributed by atoms with E-state index >= 15 is 0 Å². The molecule has 3 rings (SSSR count). The topological polar surface area (TPSA) is 60.8 Å². The van der Waals surface area contributed by atoms with Crippen LogP contribution < -0.4 is 0 Å². The van der Waals surface area contributed by atoms with E-state index in [0.29, 0.717) is 12.1 Å². The summed E-state index contributed by atoms with van der Waals surface area (Å²) in [7, 11) is 0. The fourth-order valence-corrected chi connectivity index (χ4v) is 3.62. The number of aliphatic hydroxyl groups is 1. The highest BCUT2D eigenvalue weighted by atomic mass is 16.4. The van der Waals surface area contributed by atoms with Crippen LogP contribution in [0.2, 0.25) is 0 Å². The summed E-state index contributed by atoms with van der Waals surface area (Å²) >= 11 is 0. The molecule has 0 saturated carbocycles. The van der Waals surface area contributed by atoms with Crippen molar-refractivity contribution in [3.63, 3.8) is 0 Å². The third kappa shape index (κ3) is 4.27. The van der Waals surface area contributed by atoms with Gasteiger partial charge in [0.2, 0.25) is 0 Å². The normalized spacial score (nSPS) is 21.2.